The summed E-state index contributed by atoms with van der Waals surface area (Å²) in [5, 5.41) is 0. The van der Waals surface area contributed by atoms with Crippen LogP contribution in [0.25, 0.3) is 11.4 Å². The highest BCUT2D eigenvalue weighted by Crippen LogP contribution is 2.36. The number of aryl methyl sites for hydroxylation is 1. The molecule has 3 rings (SSSR count). The lowest BCUT2D eigenvalue weighted by molar-refractivity contribution is 0.233. The lowest BCUT2D eigenvalue weighted by Crippen LogP contribution is -2.11. The van der Waals surface area contributed by atoms with Gasteiger partial charge >= 0.3 is 0 Å². The molecule has 0 saturated heterocycles. The molecule has 3 heteroatoms. The molecular weight excluding hydrogens is 344 g/mol. The van der Waals surface area contributed by atoms with Crippen molar-refractivity contribution in [3.63, 3.8) is 0 Å². The average Bonchev–Trinajstić information content (AvgIpc) is 2.75. The van der Waals surface area contributed by atoms with Crippen LogP contribution < -0.4 is 0 Å². The van der Waals surface area contributed by atoms with Crippen molar-refractivity contribution in [1.29, 1.82) is 0 Å². The summed E-state index contributed by atoms with van der Waals surface area (Å²) in [4.78, 5) is 9.17. The molecule has 3 nitrogen and oxygen atoms in total. The van der Waals surface area contributed by atoms with Gasteiger partial charge in [0.25, 0.3) is 0 Å². The third-order valence-corrected chi connectivity index (χ3v) is 5.86. The van der Waals surface area contributed by atoms with Gasteiger partial charge in [-0.05, 0) is 61.5 Å². The molecule has 0 spiro atoms. The number of hydrogen-bond acceptors (Lipinski definition) is 3. The number of nitrogens with zero attached hydrogens (tertiary/aromatic N) is 2. The minimum atomic E-state index is 0.683. The fourth-order valence-corrected chi connectivity index (χ4v) is 4.11. The van der Waals surface area contributed by atoms with Crippen LogP contribution >= 0.6 is 0 Å². The van der Waals surface area contributed by atoms with E-state index in [1.54, 1.807) is 7.11 Å². The Hall–Kier alpha value is -2.00. The molecule has 0 N–H and O–H groups in total. The maximum Gasteiger partial charge on any atom is 0.159 e. The summed E-state index contributed by atoms with van der Waals surface area (Å²) in [6, 6.07) is 8.93. The van der Waals surface area contributed by atoms with Crippen LogP contribution in [-0.4, -0.2) is 23.7 Å². The molecule has 0 radical (unpaired) electrons. The van der Waals surface area contributed by atoms with Gasteiger partial charge in [-0.1, -0.05) is 56.2 Å². The highest BCUT2D eigenvalue weighted by Gasteiger charge is 2.20. The van der Waals surface area contributed by atoms with Crippen molar-refractivity contribution in [3.05, 3.63) is 59.9 Å². The summed E-state index contributed by atoms with van der Waals surface area (Å²) in [7, 11) is 1.75. The van der Waals surface area contributed by atoms with E-state index in [1.807, 2.05) is 12.4 Å². The zero-order valence-corrected chi connectivity index (χ0v) is 17.4. The Kier molecular flexibility index (Phi) is 8.23. The number of unbranched alkanes of at least 4 members (excludes halogenated alkanes) is 2. The monoisotopic (exact) mass is 378 g/mol. The summed E-state index contributed by atoms with van der Waals surface area (Å²) in [6.45, 7) is 2.96. The average molecular weight is 379 g/mol. The van der Waals surface area contributed by atoms with Crippen LogP contribution in [0.15, 0.2) is 48.8 Å². The number of benzene rings is 1. The Labute approximate surface area is 170 Å². The number of ether oxygens (including phenoxy) is 1. The van der Waals surface area contributed by atoms with Crippen LogP contribution in [0.3, 0.4) is 0 Å². The molecule has 0 unspecified atom stereocenters. The molecule has 1 fully saturated rings. The molecule has 28 heavy (non-hydrogen) atoms. The van der Waals surface area contributed by atoms with E-state index in [9.17, 15) is 0 Å². The molecule has 0 bridgehead atoms. The van der Waals surface area contributed by atoms with Crippen molar-refractivity contribution >= 4 is 0 Å². The second-order valence-corrected chi connectivity index (χ2v) is 7.99. The standard InChI is InChI=1S/C25H34N2O/c1-3-4-5-7-21-18-26-25(27-19-21)24-15-13-23(14-16-24)22-11-9-20(10-12-22)8-6-17-28-2/h6,8,13-16,18-20,22H,3-5,7,9-12,17H2,1-2H3/b8-6+. The summed E-state index contributed by atoms with van der Waals surface area (Å²) < 4.78 is 5.10. The molecule has 1 aromatic carbocycles. The quantitative estimate of drug-likeness (QED) is 0.376. The minimum Gasteiger partial charge on any atom is -0.381 e. The van der Waals surface area contributed by atoms with E-state index in [-0.39, 0.29) is 0 Å². The minimum absolute atomic E-state index is 0.683. The molecule has 1 aliphatic carbocycles. The van der Waals surface area contributed by atoms with E-state index < -0.39 is 0 Å². The van der Waals surface area contributed by atoms with E-state index in [4.69, 9.17) is 4.74 Å². The lowest BCUT2D eigenvalue weighted by Gasteiger charge is -2.27. The normalized spacial score (nSPS) is 19.9. The Bertz CT molecular complexity index is 713. The van der Waals surface area contributed by atoms with Crippen molar-refractivity contribution in [2.45, 2.75) is 64.2 Å². The lowest BCUT2D eigenvalue weighted by atomic mass is 9.78. The molecule has 0 aliphatic heterocycles. The first-order valence-corrected chi connectivity index (χ1v) is 10.9. The highest BCUT2D eigenvalue weighted by molar-refractivity contribution is 5.55. The molecule has 1 saturated carbocycles. The molecule has 0 atom stereocenters. The Balaban J connectivity index is 1.54. The first-order valence-electron chi connectivity index (χ1n) is 10.9. The zero-order chi connectivity index (χ0) is 19.6. The summed E-state index contributed by atoms with van der Waals surface area (Å²) in [5.41, 5.74) is 3.81. The number of allylic oxidation sites excluding steroid dienone is 1. The predicted octanol–water partition coefficient (Wildman–Crippen LogP) is 6.35. The first kappa shape index (κ1) is 20.7. The van der Waals surface area contributed by atoms with Crippen molar-refractivity contribution in [1.82, 2.24) is 9.97 Å². The van der Waals surface area contributed by atoms with Crippen LogP contribution in [0.1, 0.15) is 68.9 Å². The van der Waals surface area contributed by atoms with E-state index in [0.29, 0.717) is 5.92 Å². The largest absolute Gasteiger partial charge is 0.381 e. The van der Waals surface area contributed by atoms with Crippen molar-refractivity contribution in [2.75, 3.05) is 13.7 Å². The second-order valence-electron chi connectivity index (χ2n) is 7.99. The van der Waals surface area contributed by atoms with Gasteiger partial charge in [0, 0.05) is 25.1 Å². The van der Waals surface area contributed by atoms with Crippen LogP contribution in [0, 0.1) is 5.92 Å². The molecule has 150 valence electrons. The van der Waals surface area contributed by atoms with E-state index in [0.717, 1.165) is 30.3 Å². The predicted molar refractivity (Wildman–Crippen MR) is 116 cm³/mol. The molecule has 2 aromatic rings. The first-order chi connectivity index (χ1) is 13.8. The van der Waals surface area contributed by atoms with Crippen LogP contribution in [0.4, 0.5) is 0 Å². The molecule has 1 heterocycles. The number of rotatable bonds is 9. The maximum absolute atomic E-state index is 5.10. The fourth-order valence-electron chi connectivity index (χ4n) is 4.11. The SMILES string of the molecule is CCCCCc1cnc(-c2ccc(C3CCC(/C=C/COC)CC3)cc2)nc1. The van der Waals surface area contributed by atoms with Gasteiger partial charge in [-0.15, -0.1) is 0 Å². The number of aromatic nitrogens is 2. The van der Waals surface area contributed by atoms with Gasteiger partial charge in [0.2, 0.25) is 0 Å². The van der Waals surface area contributed by atoms with Crippen molar-refractivity contribution in [2.24, 2.45) is 5.92 Å². The van der Waals surface area contributed by atoms with Gasteiger partial charge in [-0.25, -0.2) is 9.97 Å². The van der Waals surface area contributed by atoms with Crippen LogP contribution in [0.2, 0.25) is 0 Å². The van der Waals surface area contributed by atoms with E-state index >= 15 is 0 Å². The Morgan fingerprint density at radius 1 is 1.00 bits per heavy atom. The molecule has 1 aliphatic rings. The smallest absolute Gasteiger partial charge is 0.159 e. The van der Waals surface area contributed by atoms with Gasteiger partial charge in [-0.3, -0.25) is 0 Å². The molecular formula is C25H34N2O. The summed E-state index contributed by atoms with van der Waals surface area (Å²) in [6.07, 6.45) is 18.4. The topological polar surface area (TPSA) is 35.0 Å². The fraction of sp³-hybridized carbons (Fsp3) is 0.520. The van der Waals surface area contributed by atoms with Gasteiger partial charge < -0.3 is 4.74 Å². The van der Waals surface area contributed by atoms with E-state index in [1.165, 1.54) is 56.1 Å². The second kappa shape index (κ2) is 11.1. The third-order valence-electron chi connectivity index (χ3n) is 5.86. The summed E-state index contributed by atoms with van der Waals surface area (Å²) in [5.74, 6) is 2.23. The third kappa shape index (κ3) is 6.00. The Morgan fingerprint density at radius 2 is 1.71 bits per heavy atom. The van der Waals surface area contributed by atoms with Crippen LogP contribution in [0.5, 0.6) is 0 Å². The maximum atomic E-state index is 5.10. The van der Waals surface area contributed by atoms with Crippen molar-refractivity contribution < 1.29 is 4.74 Å². The number of hydrogen-bond donors (Lipinski definition) is 0. The highest BCUT2D eigenvalue weighted by atomic mass is 16.5. The van der Waals surface area contributed by atoms with Crippen LogP contribution in [-0.2, 0) is 11.2 Å². The molecule has 0 amide bonds. The van der Waals surface area contributed by atoms with Gasteiger partial charge in [0.1, 0.15) is 0 Å². The number of methoxy groups -OCH3 is 1. The van der Waals surface area contributed by atoms with Gasteiger partial charge in [-0.2, -0.15) is 0 Å². The van der Waals surface area contributed by atoms with E-state index in [2.05, 4.69) is 53.3 Å². The van der Waals surface area contributed by atoms with Gasteiger partial charge in [0.05, 0.1) is 6.61 Å². The Morgan fingerprint density at radius 3 is 2.36 bits per heavy atom. The van der Waals surface area contributed by atoms with Crippen molar-refractivity contribution in [3.8, 4) is 11.4 Å². The molecule has 1 aromatic heterocycles. The summed E-state index contributed by atoms with van der Waals surface area (Å²) >= 11 is 0. The zero-order valence-electron chi connectivity index (χ0n) is 17.4. The van der Waals surface area contributed by atoms with Gasteiger partial charge in [0.15, 0.2) is 5.82 Å².